The van der Waals surface area contributed by atoms with Crippen LogP contribution in [0.1, 0.15) is 37.1 Å². The molecule has 0 aromatic heterocycles. The van der Waals surface area contributed by atoms with Crippen molar-refractivity contribution in [1.82, 2.24) is 5.32 Å². The maximum atomic E-state index is 5.23. The first-order valence-corrected chi connectivity index (χ1v) is 8.06. The van der Waals surface area contributed by atoms with Gasteiger partial charge < -0.3 is 10.1 Å². The van der Waals surface area contributed by atoms with Gasteiger partial charge in [-0.1, -0.05) is 54.6 Å². The third kappa shape index (κ3) is 3.38. The van der Waals surface area contributed by atoms with Crippen molar-refractivity contribution in [3.63, 3.8) is 0 Å². The van der Waals surface area contributed by atoms with Gasteiger partial charge in [-0.2, -0.15) is 0 Å². The molecule has 118 valence electrons. The largest absolute Gasteiger partial charge is 0.497 e. The van der Waals surface area contributed by atoms with Gasteiger partial charge in [0.1, 0.15) is 5.75 Å². The molecule has 0 bridgehead atoms. The first kappa shape index (κ1) is 15.6. The summed E-state index contributed by atoms with van der Waals surface area (Å²) < 4.78 is 5.23. The van der Waals surface area contributed by atoms with Gasteiger partial charge in [0.25, 0.3) is 0 Å². The Hall–Kier alpha value is -2.32. The van der Waals surface area contributed by atoms with Gasteiger partial charge in [-0.25, -0.2) is 0 Å². The molecule has 23 heavy (non-hydrogen) atoms. The van der Waals surface area contributed by atoms with E-state index in [1.54, 1.807) is 7.11 Å². The second-order valence-corrected chi connectivity index (χ2v) is 5.95. The molecule has 0 fully saturated rings. The molecule has 0 amide bonds. The topological polar surface area (TPSA) is 21.3 Å². The quantitative estimate of drug-likeness (QED) is 0.694. The fourth-order valence-corrected chi connectivity index (χ4v) is 3.08. The molecule has 3 aromatic rings. The zero-order valence-corrected chi connectivity index (χ0v) is 13.9. The highest BCUT2D eigenvalue weighted by Crippen LogP contribution is 2.26. The third-order valence-corrected chi connectivity index (χ3v) is 4.41. The van der Waals surface area contributed by atoms with Gasteiger partial charge in [0.05, 0.1) is 7.11 Å². The maximum absolute atomic E-state index is 5.23. The van der Waals surface area contributed by atoms with Gasteiger partial charge in [-0.05, 0) is 47.9 Å². The molecule has 0 aliphatic rings. The summed E-state index contributed by atoms with van der Waals surface area (Å²) in [6, 6.07) is 23.9. The van der Waals surface area contributed by atoms with Crippen molar-refractivity contribution in [1.29, 1.82) is 0 Å². The Morgan fingerprint density at radius 2 is 1.48 bits per heavy atom. The molecule has 0 unspecified atom stereocenters. The summed E-state index contributed by atoms with van der Waals surface area (Å²) in [5, 5.41) is 6.31. The standard InChI is InChI=1S/C21H23NO/c1-15(17-11-13-19(23-3)14-12-17)22-16(2)20-10-6-8-18-7-4-5-9-21(18)20/h4-16,22H,1-3H3/t15-,16-/m1/s1. The van der Waals surface area contributed by atoms with Gasteiger partial charge in [0.15, 0.2) is 0 Å². The molecule has 0 radical (unpaired) electrons. The zero-order chi connectivity index (χ0) is 16.2. The lowest BCUT2D eigenvalue weighted by Crippen LogP contribution is -2.22. The van der Waals surface area contributed by atoms with E-state index in [-0.39, 0.29) is 12.1 Å². The van der Waals surface area contributed by atoms with Crippen LogP contribution in [0, 0.1) is 0 Å². The number of hydrogen-bond acceptors (Lipinski definition) is 2. The second kappa shape index (κ2) is 6.84. The van der Waals surface area contributed by atoms with E-state index in [2.05, 4.69) is 73.8 Å². The molecular formula is C21H23NO. The molecule has 0 saturated heterocycles. The van der Waals surface area contributed by atoms with Crippen molar-refractivity contribution in [2.24, 2.45) is 0 Å². The number of ether oxygens (including phenoxy) is 1. The fraction of sp³-hybridized carbons (Fsp3) is 0.238. The number of benzene rings is 3. The highest BCUT2D eigenvalue weighted by molar-refractivity contribution is 5.86. The Balaban J connectivity index is 1.80. The molecule has 3 aromatic carbocycles. The van der Waals surface area contributed by atoms with Crippen molar-refractivity contribution in [3.05, 3.63) is 77.9 Å². The van der Waals surface area contributed by atoms with Crippen LogP contribution in [0.15, 0.2) is 66.7 Å². The van der Waals surface area contributed by atoms with Crippen molar-refractivity contribution in [3.8, 4) is 5.75 Å². The van der Waals surface area contributed by atoms with Gasteiger partial charge in [-0.15, -0.1) is 0 Å². The van der Waals surface area contributed by atoms with Crippen molar-refractivity contribution >= 4 is 10.8 Å². The van der Waals surface area contributed by atoms with Crippen LogP contribution < -0.4 is 10.1 Å². The van der Waals surface area contributed by atoms with Crippen LogP contribution in [0.4, 0.5) is 0 Å². The minimum Gasteiger partial charge on any atom is -0.497 e. The lowest BCUT2D eigenvalue weighted by atomic mass is 9.98. The van der Waals surface area contributed by atoms with Gasteiger partial charge >= 0.3 is 0 Å². The first-order valence-electron chi connectivity index (χ1n) is 8.06. The number of methoxy groups -OCH3 is 1. The van der Waals surface area contributed by atoms with E-state index in [1.807, 2.05) is 12.1 Å². The summed E-state index contributed by atoms with van der Waals surface area (Å²) in [6.07, 6.45) is 0. The average Bonchev–Trinajstić information content (AvgIpc) is 2.61. The maximum Gasteiger partial charge on any atom is 0.118 e. The van der Waals surface area contributed by atoms with Crippen molar-refractivity contribution in [2.45, 2.75) is 25.9 Å². The number of nitrogens with one attached hydrogen (secondary N) is 1. The van der Waals surface area contributed by atoms with E-state index in [4.69, 9.17) is 4.74 Å². The third-order valence-electron chi connectivity index (χ3n) is 4.41. The van der Waals surface area contributed by atoms with Crippen molar-refractivity contribution in [2.75, 3.05) is 7.11 Å². The molecule has 1 N–H and O–H groups in total. The first-order chi connectivity index (χ1) is 11.2. The fourth-order valence-electron chi connectivity index (χ4n) is 3.08. The lowest BCUT2D eigenvalue weighted by molar-refractivity contribution is 0.414. The second-order valence-electron chi connectivity index (χ2n) is 5.95. The van der Waals surface area contributed by atoms with E-state index >= 15 is 0 Å². The van der Waals surface area contributed by atoms with Crippen LogP contribution in [0.3, 0.4) is 0 Å². The van der Waals surface area contributed by atoms with Gasteiger partial charge in [0.2, 0.25) is 0 Å². The average molecular weight is 305 g/mol. The van der Waals surface area contributed by atoms with Crippen LogP contribution in [-0.2, 0) is 0 Å². The lowest BCUT2D eigenvalue weighted by Gasteiger charge is -2.22. The molecule has 0 aliphatic carbocycles. The molecule has 3 rings (SSSR count). The van der Waals surface area contributed by atoms with Crippen LogP contribution in [0.25, 0.3) is 10.8 Å². The molecule has 0 saturated carbocycles. The van der Waals surface area contributed by atoms with Gasteiger partial charge in [-0.3, -0.25) is 0 Å². The Morgan fingerprint density at radius 3 is 2.22 bits per heavy atom. The van der Waals surface area contributed by atoms with Crippen LogP contribution >= 0.6 is 0 Å². The Morgan fingerprint density at radius 1 is 0.783 bits per heavy atom. The normalized spacial score (nSPS) is 13.7. The minimum absolute atomic E-state index is 0.273. The predicted octanol–water partition coefficient (Wildman–Crippen LogP) is 5.26. The van der Waals surface area contributed by atoms with E-state index in [0.717, 1.165) is 5.75 Å². The highest BCUT2D eigenvalue weighted by atomic mass is 16.5. The summed E-state index contributed by atoms with van der Waals surface area (Å²) in [6.45, 7) is 4.42. The zero-order valence-electron chi connectivity index (χ0n) is 13.9. The summed E-state index contributed by atoms with van der Waals surface area (Å²) >= 11 is 0. The summed E-state index contributed by atoms with van der Waals surface area (Å²) in [7, 11) is 1.69. The summed E-state index contributed by atoms with van der Waals surface area (Å²) in [5.74, 6) is 0.892. The molecular weight excluding hydrogens is 282 g/mol. The molecule has 2 heteroatoms. The number of rotatable bonds is 5. The van der Waals surface area contributed by atoms with Gasteiger partial charge in [0, 0.05) is 12.1 Å². The molecule has 2 nitrogen and oxygen atoms in total. The monoisotopic (exact) mass is 305 g/mol. The predicted molar refractivity (Wildman–Crippen MR) is 96.9 cm³/mol. The van der Waals surface area contributed by atoms with Crippen molar-refractivity contribution < 1.29 is 4.74 Å². The smallest absolute Gasteiger partial charge is 0.118 e. The Kier molecular flexibility index (Phi) is 4.63. The van der Waals surface area contributed by atoms with E-state index < -0.39 is 0 Å². The summed E-state index contributed by atoms with van der Waals surface area (Å²) in [5.41, 5.74) is 2.60. The van der Waals surface area contributed by atoms with E-state index in [9.17, 15) is 0 Å². The van der Waals surface area contributed by atoms with E-state index in [0.29, 0.717) is 0 Å². The number of fused-ring (bicyclic) bond motifs is 1. The van der Waals surface area contributed by atoms with Crippen LogP contribution in [0.2, 0.25) is 0 Å². The summed E-state index contributed by atoms with van der Waals surface area (Å²) in [4.78, 5) is 0. The minimum atomic E-state index is 0.273. The molecule has 0 spiro atoms. The SMILES string of the molecule is COc1ccc([C@@H](C)N[C@H](C)c2cccc3ccccc23)cc1. The molecule has 0 aliphatic heterocycles. The van der Waals surface area contributed by atoms with Crippen LogP contribution in [0.5, 0.6) is 5.75 Å². The van der Waals surface area contributed by atoms with E-state index in [1.165, 1.54) is 21.9 Å². The molecule has 2 atom stereocenters. The molecule has 0 heterocycles. The van der Waals surface area contributed by atoms with Crippen LogP contribution in [-0.4, -0.2) is 7.11 Å². The Bertz CT molecular complexity index is 774. The number of hydrogen-bond donors (Lipinski definition) is 1. The highest BCUT2D eigenvalue weighted by Gasteiger charge is 2.13. The Labute approximate surface area is 138 Å².